The Kier molecular flexibility index (Phi) is 3.34. The molecule has 1 saturated carbocycles. The van der Waals surface area contributed by atoms with E-state index in [0.717, 1.165) is 12.1 Å². The third-order valence-corrected chi connectivity index (χ3v) is 2.67. The first-order valence-electron chi connectivity index (χ1n) is 5.24. The summed E-state index contributed by atoms with van der Waals surface area (Å²) in [6.07, 6.45) is 5.96. The van der Waals surface area contributed by atoms with Crippen LogP contribution >= 0.6 is 0 Å². The van der Waals surface area contributed by atoms with Crippen LogP contribution in [0.4, 0.5) is 0 Å². The largest absolute Gasteiger partial charge is 0.411 e. The minimum atomic E-state index is 0.240. The molecular formula is C11H21NO. The average molecular weight is 183 g/mol. The Hall–Kier alpha value is -0.530. The van der Waals surface area contributed by atoms with Crippen LogP contribution in [0.5, 0.6) is 0 Å². The Morgan fingerprint density at radius 1 is 1.31 bits per heavy atom. The first-order valence-corrected chi connectivity index (χ1v) is 5.24. The second kappa shape index (κ2) is 4.12. The first kappa shape index (κ1) is 10.6. The summed E-state index contributed by atoms with van der Waals surface area (Å²) < 4.78 is 0. The molecule has 1 N–H and O–H groups in total. The lowest BCUT2D eigenvalue weighted by Gasteiger charge is -2.21. The third kappa shape index (κ3) is 3.37. The molecule has 76 valence electrons. The van der Waals surface area contributed by atoms with Gasteiger partial charge in [0.05, 0.1) is 5.71 Å². The molecule has 2 nitrogen and oxygen atoms in total. The molecule has 1 aliphatic rings. The van der Waals surface area contributed by atoms with E-state index in [4.69, 9.17) is 5.21 Å². The van der Waals surface area contributed by atoms with E-state index in [1.165, 1.54) is 25.7 Å². The van der Waals surface area contributed by atoms with Crippen molar-refractivity contribution in [2.24, 2.45) is 16.5 Å². The van der Waals surface area contributed by atoms with Crippen molar-refractivity contribution in [2.75, 3.05) is 0 Å². The first-order chi connectivity index (χ1) is 6.03. The summed E-state index contributed by atoms with van der Waals surface area (Å²) in [4.78, 5) is 0. The summed E-state index contributed by atoms with van der Waals surface area (Å²) in [5, 5.41) is 12.4. The molecule has 0 amide bonds. The number of hydrogen-bond donors (Lipinski definition) is 1. The molecule has 0 heterocycles. The minimum absolute atomic E-state index is 0.240. The fraction of sp³-hybridized carbons (Fsp3) is 0.909. The number of nitrogens with zero attached hydrogens (tertiary/aromatic N) is 1. The molecule has 1 aliphatic carbocycles. The van der Waals surface area contributed by atoms with Crippen molar-refractivity contribution in [2.45, 2.75) is 52.9 Å². The second-order valence-electron chi connectivity index (χ2n) is 5.31. The highest BCUT2D eigenvalue weighted by Gasteiger charge is 2.25. The fourth-order valence-corrected chi connectivity index (χ4v) is 2.06. The van der Waals surface area contributed by atoms with Gasteiger partial charge in [-0.3, -0.25) is 0 Å². The van der Waals surface area contributed by atoms with Gasteiger partial charge in [-0.25, -0.2) is 0 Å². The Labute approximate surface area is 81.0 Å². The van der Waals surface area contributed by atoms with E-state index >= 15 is 0 Å². The highest BCUT2D eigenvalue weighted by Crippen LogP contribution is 2.31. The molecule has 0 aromatic heterocycles. The van der Waals surface area contributed by atoms with Crippen molar-refractivity contribution in [3.8, 4) is 0 Å². The summed E-state index contributed by atoms with van der Waals surface area (Å²) in [7, 11) is 0. The van der Waals surface area contributed by atoms with Crippen LogP contribution in [0.3, 0.4) is 0 Å². The molecule has 0 radical (unpaired) electrons. The van der Waals surface area contributed by atoms with E-state index in [-0.39, 0.29) is 5.41 Å². The summed E-state index contributed by atoms with van der Waals surface area (Å²) in [6, 6.07) is 0. The molecule has 1 fully saturated rings. The van der Waals surface area contributed by atoms with Gasteiger partial charge in [0.25, 0.3) is 0 Å². The standard InChI is InChI=1S/C11H21NO/c1-11(2,3)8-10(12-13)9-6-4-5-7-9/h9,13H,4-8H2,1-3H3/b12-10-. The van der Waals surface area contributed by atoms with E-state index in [1.807, 2.05) is 0 Å². The SMILES string of the molecule is CC(C)(C)C/C(=N/O)C1CCCC1. The predicted molar refractivity (Wildman–Crippen MR) is 55.3 cm³/mol. The van der Waals surface area contributed by atoms with Crippen molar-refractivity contribution < 1.29 is 5.21 Å². The zero-order valence-corrected chi connectivity index (χ0v) is 9.01. The highest BCUT2D eigenvalue weighted by molar-refractivity contribution is 5.86. The van der Waals surface area contributed by atoms with Gasteiger partial charge in [0.1, 0.15) is 0 Å². The zero-order chi connectivity index (χ0) is 9.90. The molecule has 0 aromatic carbocycles. The number of rotatable bonds is 2. The van der Waals surface area contributed by atoms with Gasteiger partial charge >= 0.3 is 0 Å². The molecule has 0 spiro atoms. The molecule has 0 saturated heterocycles. The lowest BCUT2D eigenvalue weighted by atomic mass is 9.84. The third-order valence-electron chi connectivity index (χ3n) is 2.67. The van der Waals surface area contributed by atoms with Gasteiger partial charge in [0.15, 0.2) is 0 Å². The summed E-state index contributed by atoms with van der Waals surface area (Å²) in [5.74, 6) is 0.559. The summed E-state index contributed by atoms with van der Waals surface area (Å²) in [5.41, 5.74) is 1.26. The lowest BCUT2D eigenvalue weighted by molar-refractivity contribution is 0.306. The van der Waals surface area contributed by atoms with Crippen molar-refractivity contribution in [1.29, 1.82) is 0 Å². The molecule has 0 unspecified atom stereocenters. The quantitative estimate of drug-likeness (QED) is 0.397. The maximum atomic E-state index is 8.94. The molecule has 0 bridgehead atoms. The Morgan fingerprint density at radius 3 is 2.23 bits per heavy atom. The maximum Gasteiger partial charge on any atom is 0.0606 e. The van der Waals surface area contributed by atoms with E-state index in [9.17, 15) is 0 Å². The monoisotopic (exact) mass is 183 g/mol. The molecule has 13 heavy (non-hydrogen) atoms. The van der Waals surface area contributed by atoms with E-state index in [1.54, 1.807) is 0 Å². The van der Waals surface area contributed by atoms with Crippen LogP contribution in [-0.4, -0.2) is 10.9 Å². The smallest absolute Gasteiger partial charge is 0.0606 e. The van der Waals surface area contributed by atoms with Crippen LogP contribution < -0.4 is 0 Å². The molecule has 0 aromatic rings. The van der Waals surface area contributed by atoms with Gasteiger partial charge in [0.2, 0.25) is 0 Å². The van der Waals surface area contributed by atoms with Gasteiger partial charge < -0.3 is 5.21 Å². The predicted octanol–water partition coefficient (Wildman–Crippen LogP) is 3.44. The number of oxime groups is 1. The van der Waals surface area contributed by atoms with Crippen LogP contribution in [0.25, 0.3) is 0 Å². The summed E-state index contributed by atoms with van der Waals surface area (Å²) in [6.45, 7) is 6.56. The van der Waals surface area contributed by atoms with Gasteiger partial charge in [0, 0.05) is 5.92 Å². The van der Waals surface area contributed by atoms with Crippen molar-refractivity contribution in [3.63, 3.8) is 0 Å². The molecule has 2 heteroatoms. The fourth-order valence-electron chi connectivity index (χ4n) is 2.06. The molecular weight excluding hydrogens is 162 g/mol. The zero-order valence-electron chi connectivity index (χ0n) is 9.01. The van der Waals surface area contributed by atoms with E-state index in [0.29, 0.717) is 5.92 Å². The van der Waals surface area contributed by atoms with Gasteiger partial charge in [-0.15, -0.1) is 0 Å². The highest BCUT2D eigenvalue weighted by atomic mass is 16.4. The topological polar surface area (TPSA) is 32.6 Å². The van der Waals surface area contributed by atoms with Crippen LogP contribution in [0.2, 0.25) is 0 Å². The Morgan fingerprint density at radius 2 is 1.85 bits per heavy atom. The van der Waals surface area contributed by atoms with Gasteiger partial charge in [-0.1, -0.05) is 38.8 Å². The van der Waals surface area contributed by atoms with E-state index in [2.05, 4.69) is 25.9 Å². The van der Waals surface area contributed by atoms with Crippen LogP contribution in [0.15, 0.2) is 5.16 Å². The van der Waals surface area contributed by atoms with Crippen LogP contribution in [0, 0.1) is 11.3 Å². The second-order valence-corrected chi connectivity index (χ2v) is 5.31. The maximum absolute atomic E-state index is 8.94. The van der Waals surface area contributed by atoms with Crippen LogP contribution in [0.1, 0.15) is 52.9 Å². The van der Waals surface area contributed by atoms with Crippen molar-refractivity contribution in [3.05, 3.63) is 0 Å². The normalized spacial score (nSPS) is 21.0. The Balaban J connectivity index is 2.53. The lowest BCUT2D eigenvalue weighted by Crippen LogP contribution is -2.19. The van der Waals surface area contributed by atoms with Crippen LogP contribution in [-0.2, 0) is 0 Å². The molecule has 0 aliphatic heterocycles. The molecule has 1 rings (SSSR count). The Bertz CT molecular complexity index is 185. The van der Waals surface area contributed by atoms with Gasteiger partial charge in [-0.2, -0.15) is 0 Å². The summed E-state index contributed by atoms with van der Waals surface area (Å²) >= 11 is 0. The minimum Gasteiger partial charge on any atom is -0.411 e. The molecule has 0 atom stereocenters. The average Bonchev–Trinajstić information content (AvgIpc) is 2.50. The van der Waals surface area contributed by atoms with Gasteiger partial charge in [-0.05, 0) is 24.7 Å². The van der Waals surface area contributed by atoms with Crippen molar-refractivity contribution >= 4 is 5.71 Å². The van der Waals surface area contributed by atoms with E-state index < -0.39 is 0 Å². The van der Waals surface area contributed by atoms with Crippen molar-refractivity contribution in [1.82, 2.24) is 0 Å². The number of hydrogen-bond acceptors (Lipinski definition) is 2.